The van der Waals surface area contributed by atoms with Gasteiger partial charge in [0, 0.05) is 29.0 Å². The molecule has 1 aromatic rings. The number of benzene rings is 1. The van der Waals surface area contributed by atoms with Crippen LogP contribution in [-0.2, 0) is 14.4 Å². The first-order valence-corrected chi connectivity index (χ1v) is 11.6. The molecule has 4 rings (SSSR count). The lowest BCUT2D eigenvalue weighted by Gasteiger charge is -2.34. The standard InChI is InChI=1S/C21H26ClN3O4S/c1-2-9-23-18(27)15-14-7-8-21(30-14)16(15)20(29)25(10-11-26)17(21)19(28)24-13-5-3-12(22)4-6-13/h3-6,14-17,26H,2,7-11H2,1H3,(H,23,27)(H,24,28)/t14-,15+,16-,17?,21?/m0/s1. The molecule has 3 heterocycles. The maximum atomic E-state index is 13.4. The van der Waals surface area contributed by atoms with Crippen molar-refractivity contribution in [2.75, 3.05) is 25.0 Å². The molecule has 5 atom stereocenters. The highest BCUT2D eigenvalue weighted by atomic mass is 35.5. The summed E-state index contributed by atoms with van der Waals surface area (Å²) in [6.07, 6.45) is 2.33. The van der Waals surface area contributed by atoms with Crippen LogP contribution in [0.5, 0.6) is 0 Å². The predicted molar refractivity (Wildman–Crippen MR) is 116 cm³/mol. The van der Waals surface area contributed by atoms with Crippen LogP contribution in [0, 0.1) is 11.8 Å². The summed E-state index contributed by atoms with van der Waals surface area (Å²) in [5.74, 6) is -1.56. The van der Waals surface area contributed by atoms with Crippen LogP contribution in [0.4, 0.5) is 5.69 Å². The number of anilines is 1. The third-order valence-corrected chi connectivity index (χ3v) is 8.56. The third-order valence-electron chi connectivity index (χ3n) is 6.35. The summed E-state index contributed by atoms with van der Waals surface area (Å²) in [6, 6.07) is 6.07. The molecular weight excluding hydrogens is 426 g/mol. The molecule has 0 aromatic heterocycles. The second kappa shape index (κ2) is 8.40. The largest absolute Gasteiger partial charge is 0.395 e. The summed E-state index contributed by atoms with van der Waals surface area (Å²) in [4.78, 5) is 41.1. The third kappa shape index (κ3) is 3.39. The quantitative estimate of drug-likeness (QED) is 0.588. The Morgan fingerprint density at radius 3 is 2.70 bits per heavy atom. The smallest absolute Gasteiger partial charge is 0.248 e. The van der Waals surface area contributed by atoms with E-state index in [1.54, 1.807) is 36.0 Å². The number of carbonyl (C=O) groups is 3. The van der Waals surface area contributed by atoms with Crippen LogP contribution in [0.2, 0.25) is 5.02 Å². The topological polar surface area (TPSA) is 98.7 Å². The highest BCUT2D eigenvalue weighted by Crippen LogP contribution is 2.66. The van der Waals surface area contributed by atoms with Crippen LogP contribution >= 0.6 is 23.4 Å². The normalized spacial score (nSPS) is 31.7. The fraction of sp³-hybridized carbons (Fsp3) is 0.571. The highest BCUT2D eigenvalue weighted by Gasteiger charge is 2.73. The summed E-state index contributed by atoms with van der Waals surface area (Å²) in [6.45, 7) is 2.39. The van der Waals surface area contributed by atoms with Gasteiger partial charge in [-0.1, -0.05) is 18.5 Å². The molecule has 1 spiro atoms. The number of aliphatic hydroxyl groups is 1. The molecule has 3 fully saturated rings. The van der Waals surface area contributed by atoms with Crippen molar-refractivity contribution in [3.8, 4) is 0 Å². The number of hydrogen-bond donors (Lipinski definition) is 3. The minimum atomic E-state index is -0.725. The Hall–Kier alpha value is -1.77. The number of carbonyl (C=O) groups excluding carboxylic acids is 3. The number of likely N-dealkylation sites (tertiary alicyclic amines) is 1. The Morgan fingerprint density at radius 2 is 2.03 bits per heavy atom. The van der Waals surface area contributed by atoms with Gasteiger partial charge in [0.25, 0.3) is 0 Å². The van der Waals surface area contributed by atoms with E-state index < -0.39 is 22.6 Å². The van der Waals surface area contributed by atoms with Crippen molar-refractivity contribution in [2.45, 2.75) is 42.2 Å². The molecule has 3 N–H and O–H groups in total. The van der Waals surface area contributed by atoms with Crippen LogP contribution in [0.3, 0.4) is 0 Å². The number of nitrogens with one attached hydrogen (secondary N) is 2. The number of hydrogen-bond acceptors (Lipinski definition) is 5. The number of amides is 3. The lowest BCUT2D eigenvalue weighted by Crippen LogP contribution is -2.52. The van der Waals surface area contributed by atoms with E-state index in [0.717, 1.165) is 12.8 Å². The first-order chi connectivity index (χ1) is 14.4. The molecule has 0 radical (unpaired) electrons. The van der Waals surface area contributed by atoms with Gasteiger partial charge in [0.05, 0.1) is 23.2 Å². The molecule has 3 amide bonds. The molecule has 3 aliphatic heterocycles. The molecule has 3 saturated heterocycles. The van der Waals surface area contributed by atoms with E-state index >= 15 is 0 Å². The number of fused-ring (bicyclic) bond motifs is 1. The minimum Gasteiger partial charge on any atom is -0.395 e. The maximum absolute atomic E-state index is 13.4. The van der Waals surface area contributed by atoms with E-state index in [0.29, 0.717) is 23.7 Å². The van der Waals surface area contributed by atoms with Crippen molar-refractivity contribution in [3.63, 3.8) is 0 Å². The van der Waals surface area contributed by atoms with Crippen LogP contribution in [0.1, 0.15) is 26.2 Å². The van der Waals surface area contributed by atoms with Crippen LogP contribution in [-0.4, -0.2) is 63.5 Å². The van der Waals surface area contributed by atoms with Gasteiger partial charge in [-0.3, -0.25) is 14.4 Å². The molecule has 2 unspecified atom stereocenters. The van der Waals surface area contributed by atoms with E-state index in [4.69, 9.17) is 11.6 Å². The predicted octanol–water partition coefficient (Wildman–Crippen LogP) is 1.89. The second-order valence-corrected chi connectivity index (χ2v) is 10.1. The van der Waals surface area contributed by atoms with Crippen molar-refractivity contribution in [1.29, 1.82) is 0 Å². The fourth-order valence-corrected chi connectivity index (χ4v) is 7.56. The Bertz CT molecular complexity index is 851. The zero-order valence-corrected chi connectivity index (χ0v) is 18.3. The van der Waals surface area contributed by atoms with Gasteiger partial charge >= 0.3 is 0 Å². The first-order valence-electron chi connectivity index (χ1n) is 10.4. The first kappa shape index (κ1) is 21.5. The van der Waals surface area contributed by atoms with Crippen LogP contribution in [0.15, 0.2) is 24.3 Å². The Kier molecular flexibility index (Phi) is 6.01. The monoisotopic (exact) mass is 451 g/mol. The van der Waals surface area contributed by atoms with Gasteiger partial charge in [-0.2, -0.15) is 0 Å². The van der Waals surface area contributed by atoms with Crippen LogP contribution in [0.25, 0.3) is 0 Å². The van der Waals surface area contributed by atoms with Gasteiger partial charge in [0.2, 0.25) is 17.7 Å². The lowest BCUT2D eigenvalue weighted by molar-refractivity contribution is -0.139. The number of rotatable bonds is 7. The maximum Gasteiger partial charge on any atom is 0.248 e. The van der Waals surface area contributed by atoms with Crippen molar-refractivity contribution in [1.82, 2.24) is 10.2 Å². The van der Waals surface area contributed by atoms with Gasteiger partial charge in [0.15, 0.2) is 0 Å². The molecule has 9 heteroatoms. The SMILES string of the molecule is CCCNC(=O)[C@@H]1[C@@H]2CCC3(S2)C(C(=O)Nc2ccc(Cl)cc2)N(CCO)C(=O)[C@H]13. The van der Waals surface area contributed by atoms with Gasteiger partial charge in [0.1, 0.15) is 6.04 Å². The molecular formula is C21H26ClN3O4S. The Balaban J connectivity index is 1.64. The van der Waals surface area contributed by atoms with Crippen molar-refractivity contribution < 1.29 is 19.5 Å². The fourth-order valence-electron chi connectivity index (χ4n) is 5.21. The molecule has 2 bridgehead atoms. The molecule has 7 nitrogen and oxygen atoms in total. The minimum absolute atomic E-state index is 0.0397. The molecule has 0 aliphatic carbocycles. The second-order valence-electron chi connectivity index (χ2n) is 8.10. The van der Waals surface area contributed by atoms with E-state index in [1.807, 2.05) is 6.92 Å². The van der Waals surface area contributed by atoms with Gasteiger partial charge < -0.3 is 20.6 Å². The molecule has 3 aliphatic rings. The lowest BCUT2D eigenvalue weighted by atomic mass is 9.70. The number of aliphatic hydroxyl groups excluding tert-OH is 1. The van der Waals surface area contributed by atoms with Gasteiger partial charge in [-0.05, 0) is 43.5 Å². The Morgan fingerprint density at radius 1 is 1.30 bits per heavy atom. The summed E-state index contributed by atoms with van der Waals surface area (Å²) in [5.41, 5.74) is 0.593. The Labute approximate surface area is 184 Å². The number of halogens is 1. The zero-order valence-electron chi connectivity index (χ0n) is 16.8. The van der Waals surface area contributed by atoms with E-state index in [9.17, 15) is 19.5 Å². The van der Waals surface area contributed by atoms with Crippen molar-refractivity contribution in [3.05, 3.63) is 29.3 Å². The molecule has 162 valence electrons. The summed E-state index contributed by atoms with van der Waals surface area (Å²) in [5, 5.41) is 16.0. The molecule has 30 heavy (non-hydrogen) atoms. The van der Waals surface area contributed by atoms with Crippen molar-refractivity contribution >= 4 is 46.8 Å². The van der Waals surface area contributed by atoms with E-state index in [1.165, 1.54) is 4.90 Å². The summed E-state index contributed by atoms with van der Waals surface area (Å²) < 4.78 is -0.637. The average molecular weight is 452 g/mol. The van der Waals surface area contributed by atoms with Crippen LogP contribution < -0.4 is 10.6 Å². The van der Waals surface area contributed by atoms with Crippen molar-refractivity contribution in [2.24, 2.45) is 11.8 Å². The van der Waals surface area contributed by atoms with E-state index in [2.05, 4.69) is 10.6 Å². The number of thioether (sulfide) groups is 1. The van der Waals surface area contributed by atoms with Gasteiger partial charge in [-0.25, -0.2) is 0 Å². The molecule has 0 saturated carbocycles. The highest BCUT2D eigenvalue weighted by molar-refractivity contribution is 8.02. The summed E-state index contributed by atoms with van der Waals surface area (Å²) in [7, 11) is 0. The average Bonchev–Trinajstić information content (AvgIpc) is 3.36. The van der Waals surface area contributed by atoms with Gasteiger partial charge in [-0.15, -0.1) is 11.8 Å². The number of β-amino-alcohol motifs (C(OH)–C–C–N with tert-alkyl or cyclic N) is 1. The summed E-state index contributed by atoms with van der Waals surface area (Å²) >= 11 is 7.54. The van der Waals surface area contributed by atoms with E-state index in [-0.39, 0.29) is 36.1 Å². The molecule has 1 aromatic carbocycles. The number of nitrogens with zero attached hydrogens (tertiary/aromatic N) is 1. The zero-order chi connectivity index (χ0) is 21.5.